The summed E-state index contributed by atoms with van der Waals surface area (Å²) in [5.41, 5.74) is 6.53. The van der Waals surface area contributed by atoms with E-state index in [1.54, 1.807) is 37.3 Å². The maximum absolute atomic E-state index is 12.7. The summed E-state index contributed by atoms with van der Waals surface area (Å²) in [7, 11) is 0. The standard InChI is InChI=1S/C21H32N4O7/c1-3-12(2)17(22)20(30)24-15(10-26)19(29)23-14(9-13-7-5-4-6-8-13)18(28)25-16(11-27)21(31)32/h4-8,12,14-17,26-27H,3,9-11,22H2,1-2H3,(H,23,29)(H,24,30)(H,25,28)(H,31,32). The molecule has 3 amide bonds. The monoisotopic (exact) mass is 452 g/mol. The lowest BCUT2D eigenvalue weighted by Crippen LogP contribution is -2.59. The molecule has 0 heterocycles. The van der Waals surface area contributed by atoms with Gasteiger partial charge in [0.2, 0.25) is 17.7 Å². The third kappa shape index (κ3) is 8.25. The van der Waals surface area contributed by atoms with Crippen LogP contribution in [0.3, 0.4) is 0 Å². The molecule has 0 saturated heterocycles. The first-order valence-electron chi connectivity index (χ1n) is 10.3. The molecular weight excluding hydrogens is 420 g/mol. The molecule has 0 fully saturated rings. The van der Waals surface area contributed by atoms with E-state index in [1.165, 1.54) is 0 Å². The molecule has 0 spiro atoms. The fourth-order valence-corrected chi connectivity index (χ4v) is 2.76. The van der Waals surface area contributed by atoms with Crippen molar-refractivity contribution >= 4 is 23.7 Å². The van der Waals surface area contributed by atoms with Crippen LogP contribution in [0.15, 0.2) is 30.3 Å². The smallest absolute Gasteiger partial charge is 0.328 e. The van der Waals surface area contributed by atoms with Gasteiger partial charge in [0.1, 0.15) is 18.1 Å². The van der Waals surface area contributed by atoms with Crippen LogP contribution < -0.4 is 21.7 Å². The van der Waals surface area contributed by atoms with Gasteiger partial charge in [0.05, 0.1) is 19.3 Å². The molecular formula is C21H32N4O7. The number of carbonyl (C=O) groups is 4. The van der Waals surface area contributed by atoms with Crippen molar-refractivity contribution in [2.45, 2.75) is 50.9 Å². The van der Waals surface area contributed by atoms with Crippen molar-refractivity contribution in [3.63, 3.8) is 0 Å². The summed E-state index contributed by atoms with van der Waals surface area (Å²) in [6.07, 6.45) is 0.647. The first-order valence-corrected chi connectivity index (χ1v) is 10.3. The van der Waals surface area contributed by atoms with E-state index in [9.17, 15) is 24.3 Å². The highest BCUT2D eigenvalue weighted by molar-refractivity contribution is 5.94. The second-order valence-corrected chi connectivity index (χ2v) is 7.49. The highest BCUT2D eigenvalue weighted by atomic mass is 16.4. The number of aliphatic carboxylic acids is 1. The highest BCUT2D eigenvalue weighted by Crippen LogP contribution is 2.07. The lowest BCUT2D eigenvalue weighted by Gasteiger charge is -2.25. The number of rotatable bonds is 13. The van der Waals surface area contributed by atoms with Gasteiger partial charge < -0.3 is 37.0 Å². The second-order valence-electron chi connectivity index (χ2n) is 7.49. The molecule has 0 aliphatic rings. The molecule has 1 aromatic carbocycles. The molecule has 0 bridgehead atoms. The lowest BCUT2D eigenvalue weighted by atomic mass is 9.99. The van der Waals surface area contributed by atoms with E-state index >= 15 is 0 Å². The molecule has 0 saturated carbocycles. The quantitative estimate of drug-likeness (QED) is 0.181. The molecule has 8 N–H and O–H groups in total. The van der Waals surface area contributed by atoms with Crippen molar-refractivity contribution in [3.05, 3.63) is 35.9 Å². The Hall–Kier alpha value is -3.02. The van der Waals surface area contributed by atoms with Crippen molar-refractivity contribution in [2.75, 3.05) is 13.2 Å². The maximum Gasteiger partial charge on any atom is 0.328 e. The molecule has 1 rings (SSSR count). The minimum Gasteiger partial charge on any atom is -0.480 e. The Morgan fingerprint density at radius 2 is 1.38 bits per heavy atom. The molecule has 0 radical (unpaired) electrons. The predicted octanol–water partition coefficient (Wildman–Crippen LogP) is -1.87. The van der Waals surface area contributed by atoms with Crippen molar-refractivity contribution in [1.29, 1.82) is 0 Å². The number of nitrogens with one attached hydrogen (secondary N) is 3. The van der Waals surface area contributed by atoms with E-state index in [0.29, 0.717) is 12.0 Å². The zero-order chi connectivity index (χ0) is 24.3. The Labute approximate surface area is 186 Å². The van der Waals surface area contributed by atoms with Gasteiger partial charge in [0.15, 0.2) is 0 Å². The van der Waals surface area contributed by atoms with E-state index in [1.807, 2.05) is 6.92 Å². The summed E-state index contributed by atoms with van der Waals surface area (Å²) >= 11 is 0. The third-order valence-corrected chi connectivity index (χ3v) is 5.09. The Kier molecular flexibility index (Phi) is 11.3. The average molecular weight is 453 g/mol. The van der Waals surface area contributed by atoms with Crippen molar-refractivity contribution < 1.29 is 34.5 Å². The molecule has 11 nitrogen and oxygen atoms in total. The van der Waals surface area contributed by atoms with Gasteiger partial charge in [-0.15, -0.1) is 0 Å². The number of benzene rings is 1. The van der Waals surface area contributed by atoms with Gasteiger partial charge in [-0.1, -0.05) is 50.6 Å². The van der Waals surface area contributed by atoms with Crippen molar-refractivity contribution in [2.24, 2.45) is 11.7 Å². The van der Waals surface area contributed by atoms with E-state index < -0.39 is 61.1 Å². The zero-order valence-corrected chi connectivity index (χ0v) is 18.2. The maximum atomic E-state index is 12.7. The molecule has 178 valence electrons. The number of carbonyl (C=O) groups excluding carboxylic acids is 3. The number of carboxylic acids is 1. The number of carboxylic acid groups (broad SMARTS) is 1. The molecule has 0 aliphatic heterocycles. The van der Waals surface area contributed by atoms with Crippen LogP contribution in [0.2, 0.25) is 0 Å². The molecule has 0 aromatic heterocycles. The number of amides is 3. The van der Waals surface area contributed by atoms with Crippen LogP contribution in [0.25, 0.3) is 0 Å². The first-order chi connectivity index (χ1) is 15.1. The van der Waals surface area contributed by atoms with Gasteiger partial charge in [-0.05, 0) is 11.5 Å². The van der Waals surface area contributed by atoms with Crippen LogP contribution in [0.5, 0.6) is 0 Å². The van der Waals surface area contributed by atoms with Gasteiger partial charge in [-0.3, -0.25) is 14.4 Å². The lowest BCUT2D eigenvalue weighted by molar-refractivity contribution is -0.143. The largest absolute Gasteiger partial charge is 0.480 e. The number of hydrogen-bond donors (Lipinski definition) is 7. The van der Waals surface area contributed by atoms with Gasteiger partial charge in [0.25, 0.3) is 0 Å². The second kappa shape index (κ2) is 13.4. The summed E-state index contributed by atoms with van der Waals surface area (Å²) < 4.78 is 0. The molecule has 1 aromatic rings. The van der Waals surface area contributed by atoms with E-state index in [4.69, 9.17) is 15.9 Å². The Morgan fingerprint density at radius 3 is 1.88 bits per heavy atom. The number of hydrogen-bond acceptors (Lipinski definition) is 7. The van der Waals surface area contributed by atoms with Gasteiger partial charge in [0, 0.05) is 6.42 Å². The number of nitrogens with two attached hydrogens (primary N) is 1. The van der Waals surface area contributed by atoms with Gasteiger partial charge in [-0.2, -0.15) is 0 Å². The van der Waals surface area contributed by atoms with Crippen LogP contribution in [-0.4, -0.2) is 76.4 Å². The molecule has 0 aliphatic carbocycles. The summed E-state index contributed by atoms with van der Waals surface area (Å²) in [4.78, 5) is 48.8. The van der Waals surface area contributed by atoms with E-state index in [0.717, 1.165) is 0 Å². The number of aliphatic hydroxyl groups is 2. The van der Waals surface area contributed by atoms with E-state index in [-0.39, 0.29) is 12.3 Å². The molecule has 5 unspecified atom stereocenters. The van der Waals surface area contributed by atoms with E-state index in [2.05, 4.69) is 16.0 Å². The fraction of sp³-hybridized carbons (Fsp3) is 0.524. The van der Waals surface area contributed by atoms with Crippen molar-refractivity contribution in [1.82, 2.24) is 16.0 Å². The summed E-state index contributed by atoms with van der Waals surface area (Å²) in [6, 6.07) is 3.61. The Morgan fingerprint density at radius 1 is 0.875 bits per heavy atom. The summed E-state index contributed by atoms with van der Waals surface area (Å²) in [5, 5.41) is 34.8. The molecule has 5 atom stereocenters. The van der Waals surface area contributed by atoms with Gasteiger partial charge in [-0.25, -0.2) is 4.79 Å². The zero-order valence-electron chi connectivity index (χ0n) is 18.2. The Balaban J connectivity index is 2.97. The summed E-state index contributed by atoms with van der Waals surface area (Å²) in [5.74, 6) is -3.90. The first kappa shape index (κ1) is 27.0. The van der Waals surface area contributed by atoms with Crippen LogP contribution in [0, 0.1) is 5.92 Å². The van der Waals surface area contributed by atoms with Crippen LogP contribution >= 0.6 is 0 Å². The highest BCUT2D eigenvalue weighted by Gasteiger charge is 2.30. The SMILES string of the molecule is CCC(C)C(N)C(=O)NC(CO)C(=O)NC(Cc1ccccc1)C(=O)NC(CO)C(=O)O. The van der Waals surface area contributed by atoms with Gasteiger partial charge >= 0.3 is 5.97 Å². The third-order valence-electron chi connectivity index (χ3n) is 5.09. The van der Waals surface area contributed by atoms with Crippen LogP contribution in [0.4, 0.5) is 0 Å². The van der Waals surface area contributed by atoms with Crippen molar-refractivity contribution in [3.8, 4) is 0 Å². The normalized spacial score (nSPS) is 15.5. The minimum atomic E-state index is -1.56. The molecule has 11 heteroatoms. The predicted molar refractivity (Wildman–Crippen MR) is 115 cm³/mol. The average Bonchev–Trinajstić information content (AvgIpc) is 2.79. The molecule has 32 heavy (non-hydrogen) atoms. The minimum absolute atomic E-state index is 0.00859. The van der Waals surface area contributed by atoms with Crippen LogP contribution in [0.1, 0.15) is 25.8 Å². The summed E-state index contributed by atoms with van der Waals surface area (Å²) in [6.45, 7) is 2.06. The number of aliphatic hydroxyl groups excluding tert-OH is 2. The Bertz CT molecular complexity index is 775. The topological polar surface area (TPSA) is 191 Å². The van der Waals surface area contributed by atoms with Crippen LogP contribution in [-0.2, 0) is 25.6 Å². The fourth-order valence-electron chi connectivity index (χ4n) is 2.76.